The number of fused-ring (bicyclic) bond motifs is 1. The summed E-state index contributed by atoms with van der Waals surface area (Å²) < 4.78 is 14.9. The molecule has 1 unspecified atom stereocenters. The van der Waals surface area contributed by atoms with Gasteiger partial charge in [0.15, 0.2) is 0 Å². The summed E-state index contributed by atoms with van der Waals surface area (Å²) in [5.74, 6) is 2.30. The first kappa shape index (κ1) is 12.5. The highest BCUT2D eigenvalue weighted by Gasteiger charge is 2.29. The first-order chi connectivity index (χ1) is 10.3. The van der Waals surface area contributed by atoms with E-state index in [1.165, 1.54) is 22.7 Å². The zero-order valence-electron chi connectivity index (χ0n) is 11.4. The molecule has 3 aromatic rings. The van der Waals surface area contributed by atoms with Crippen LogP contribution in [-0.4, -0.2) is 21.6 Å². The SMILES string of the molecule is COc1ccc2c(c1)C(c1nc(-c3cnsc3)no1)CC2. The van der Waals surface area contributed by atoms with Crippen LogP contribution in [0.2, 0.25) is 0 Å². The highest BCUT2D eigenvalue weighted by Crippen LogP contribution is 2.39. The molecule has 2 heterocycles. The molecule has 5 nitrogen and oxygen atoms in total. The Hall–Kier alpha value is -2.21. The van der Waals surface area contributed by atoms with E-state index in [0.29, 0.717) is 11.7 Å². The van der Waals surface area contributed by atoms with Crippen molar-refractivity contribution in [1.82, 2.24) is 14.5 Å². The van der Waals surface area contributed by atoms with Crippen LogP contribution >= 0.6 is 11.5 Å². The van der Waals surface area contributed by atoms with Crippen molar-refractivity contribution in [2.45, 2.75) is 18.8 Å². The summed E-state index contributed by atoms with van der Waals surface area (Å²) in [5, 5.41) is 5.98. The Balaban J connectivity index is 1.70. The van der Waals surface area contributed by atoms with Crippen LogP contribution in [0.1, 0.15) is 29.4 Å². The molecule has 1 aliphatic carbocycles. The molecule has 0 saturated carbocycles. The Morgan fingerprint density at radius 2 is 2.33 bits per heavy atom. The van der Waals surface area contributed by atoms with Crippen molar-refractivity contribution in [2.75, 3.05) is 7.11 Å². The van der Waals surface area contributed by atoms with Gasteiger partial charge in [-0.3, -0.25) is 0 Å². The van der Waals surface area contributed by atoms with Gasteiger partial charge in [0, 0.05) is 5.38 Å². The molecular formula is C15H13N3O2S. The average Bonchev–Trinajstić information content (AvgIpc) is 3.24. The van der Waals surface area contributed by atoms with E-state index in [4.69, 9.17) is 9.26 Å². The Morgan fingerprint density at radius 3 is 3.14 bits per heavy atom. The maximum absolute atomic E-state index is 5.48. The van der Waals surface area contributed by atoms with E-state index < -0.39 is 0 Å². The molecule has 0 amide bonds. The number of methoxy groups -OCH3 is 1. The summed E-state index contributed by atoms with van der Waals surface area (Å²) in [6.45, 7) is 0. The molecule has 4 rings (SSSR count). The molecule has 6 heteroatoms. The van der Waals surface area contributed by atoms with Crippen LogP contribution in [0.4, 0.5) is 0 Å². The standard InChI is InChI=1S/C15H13N3O2S/c1-19-11-4-2-9-3-5-12(13(9)6-11)15-17-14(18-20-15)10-7-16-21-8-10/h2,4,6-8,12H,3,5H2,1H3. The number of benzene rings is 1. The molecule has 2 aromatic heterocycles. The summed E-state index contributed by atoms with van der Waals surface area (Å²) in [6, 6.07) is 6.19. The van der Waals surface area contributed by atoms with Crippen molar-refractivity contribution < 1.29 is 9.26 Å². The van der Waals surface area contributed by atoms with Gasteiger partial charge in [-0.25, -0.2) is 4.37 Å². The molecule has 0 radical (unpaired) electrons. The first-order valence-electron chi connectivity index (χ1n) is 6.75. The smallest absolute Gasteiger partial charge is 0.234 e. The van der Waals surface area contributed by atoms with E-state index in [0.717, 1.165) is 24.2 Å². The summed E-state index contributed by atoms with van der Waals surface area (Å²) in [4.78, 5) is 4.54. The number of hydrogen-bond acceptors (Lipinski definition) is 6. The van der Waals surface area contributed by atoms with Gasteiger partial charge in [0.1, 0.15) is 5.75 Å². The molecular weight excluding hydrogens is 286 g/mol. The number of aryl methyl sites for hydroxylation is 1. The molecule has 1 aromatic carbocycles. The Labute approximate surface area is 125 Å². The van der Waals surface area contributed by atoms with Crippen molar-refractivity contribution in [3.8, 4) is 17.1 Å². The van der Waals surface area contributed by atoms with E-state index in [-0.39, 0.29) is 5.92 Å². The zero-order chi connectivity index (χ0) is 14.2. The fourth-order valence-electron chi connectivity index (χ4n) is 2.77. The summed E-state index contributed by atoms with van der Waals surface area (Å²) in [5.41, 5.74) is 3.46. The van der Waals surface area contributed by atoms with Gasteiger partial charge in [0.25, 0.3) is 0 Å². The minimum Gasteiger partial charge on any atom is -0.497 e. The predicted molar refractivity (Wildman–Crippen MR) is 78.6 cm³/mol. The van der Waals surface area contributed by atoms with Gasteiger partial charge < -0.3 is 9.26 Å². The van der Waals surface area contributed by atoms with Gasteiger partial charge in [-0.15, -0.1) is 0 Å². The fraction of sp³-hybridized carbons (Fsp3) is 0.267. The van der Waals surface area contributed by atoms with Crippen LogP contribution in [-0.2, 0) is 6.42 Å². The second kappa shape index (κ2) is 4.96. The molecule has 0 fully saturated rings. The predicted octanol–water partition coefficient (Wildman–Crippen LogP) is 3.28. The van der Waals surface area contributed by atoms with Crippen molar-refractivity contribution in [2.24, 2.45) is 0 Å². The second-order valence-electron chi connectivity index (χ2n) is 5.03. The van der Waals surface area contributed by atoms with Crippen LogP contribution < -0.4 is 4.74 Å². The van der Waals surface area contributed by atoms with Gasteiger partial charge in [-0.05, 0) is 47.6 Å². The van der Waals surface area contributed by atoms with Gasteiger partial charge in [-0.2, -0.15) is 4.98 Å². The third-order valence-corrected chi connectivity index (χ3v) is 4.45. The van der Waals surface area contributed by atoms with Crippen molar-refractivity contribution >= 4 is 11.5 Å². The molecule has 0 saturated heterocycles. The van der Waals surface area contributed by atoms with Crippen molar-refractivity contribution in [3.05, 3.63) is 46.8 Å². The third kappa shape index (κ3) is 2.12. The largest absolute Gasteiger partial charge is 0.497 e. The van der Waals surface area contributed by atoms with E-state index in [1.54, 1.807) is 13.3 Å². The highest BCUT2D eigenvalue weighted by molar-refractivity contribution is 7.03. The van der Waals surface area contributed by atoms with E-state index >= 15 is 0 Å². The maximum atomic E-state index is 5.48. The van der Waals surface area contributed by atoms with Crippen LogP contribution in [0.25, 0.3) is 11.4 Å². The van der Waals surface area contributed by atoms with Crippen molar-refractivity contribution in [1.29, 1.82) is 0 Å². The summed E-state index contributed by atoms with van der Waals surface area (Å²) in [6.07, 6.45) is 3.78. The molecule has 1 aliphatic rings. The molecule has 1 atom stereocenters. The number of ether oxygens (including phenoxy) is 1. The van der Waals surface area contributed by atoms with E-state index in [2.05, 4.69) is 26.6 Å². The minimum atomic E-state index is 0.156. The maximum Gasteiger partial charge on any atom is 0.234 e. The lowest BCUT2D eigenvalue weighted by molar-refractivity contribution is 0.364. The molecule has 0 bridgehead atoms. The van der Waals surface area contributed by atoms with Crippen molar-refractivity contribution in [3.63, 3.8) is 0 Å². The van der Waals surface area contributed by atoms with Gasteiger partial charge in [-0.1, -0.05) is 11.2 Å². The molecule has 0 aliphatic heterocycles. The zero-order valence-corrected chi connectivity index (χ0v) is 12.3. The number of nitrogens with zero attached hydrogens (tertiary/aromatic N) is 3. The van der Waals surface area contributed by atoms with Gasteiger partial charge in [0.2, 0.25) is 11.7 Å². The first-order valence-corrected chi connectivity index (χ1v) is 7.59. The number of aromatic nitrogens is 3. The lowest BCUT2D eigenvalue weighted by Gasteiger charge is -2.08. The lowest BCUT2D eigenvalue weighted by atomic mass is 10.0. The molecule has 0 N–H and O–H groups in total. The summed E-state index contributed by atoms with van der Waals surface area (Å²) in [7, 11) is 1.68. The monoisotopic (exact) mass is 299 g/mol. The quantitative estimate of drug-likeness (QED) is 0.742. The molecule has 0 spiro atoms. The Bertz CT molecular complexity index is 767. The third-order valence-electron chi connectivity index (χ3n) is 3.86. The van der Waals surface area contributed by atoms with Gasteiger partial charge >= 0.3 is 0 Å². The van der Waals surface area contributed by atoms with Crippen LogP contribution in [0, 0.1) is 0 Å². The lowest BCUT2D eigenvalue weighted by Crippen LogP contribution is -1.97. The fourth-order valence-corrected chi connectivity index (χ4v) is 3.29. The summed E-state index contributed by atoms with van der Waals surface area (Å²) >= 11 is 1.38. The number of rotatable bonds is 3. The second-order valence-corrected chi connectivity index (χ2v) is 5.68. The normalized spacial score (nSPS) is 16.9. The van der Waals surface area contributed by atoms with Crippen LogP contribution in [0.3, 0.4) is 0 Å². The minimum absolute atomic E-state index is 0.156. The average molecular weight is 299 g/mol. The number of hydrogen-bond donors (Lipinski definition) is 0. The topological polar surface area (TPSA) is 61.0 Å². The van der Waals surface area contributed by atoms with Gasteiger partial charge in [0.05, 0.1) is 24.8 Å². The highest BCUT2D eigenvalue weighted by atomic mass is 32.1. The van der Waals surface area contributed by atoms with E-state index in [1.807, 2.05) is 11.4 Å². The Morgan fingerprint density at radius 1 is 1.38 bits per heavy atom. The van der Waals surface area contributed by atoms with Crippen LogP contribution in [0.15, 0.2) is 34.3 Å². The molecule has 21 heavy (non-hydrogen) atoms. The van der Waals surface area contributed by atoms with Crippen LogP contribution in [0.5, 0.6) is 5.75 Å². The molecule has 106 valence electrons. The van der Waals surface area contributed by atoms with E-state index in [9.17, 15) is 0 Å². The Kier molecular flexibility index (Phi) is 2.96.